The topological polar surface area (TPSA) is 72.5 Å². The molecule has 0 spiro atoms. The van der Waals surface area contributed by atoms with E-state index < -0.39 is 22.6 Å². The highest BCUT2D eigenvalue weighted by atomic mass is 28.4. The Balaban J connectivity index is 2.95. The van der Waals surface area contributed by atoms with Crippen molar-refractivity contribution < 1.29 is 32.6 Å². The van der Waals surface area contributed by atoms with Crippen molar-refractivity contribution in [3.63, 3.8) is 0 Å². The fourth-order valence-electron chi connectivity index (χ4n) is 3.60. The number of methoxy groups -OCH3 is 4. The summed E-state index contributed by atoms with van der Waals surface area (Å²) in [5, 5.41) is -0.159. The lowest BCUT2D eigenvalue weighted by molar-refractivity contribution is -0.108. The number of hydrogen-bond donors (Lipinski definition) is 0. The second-order valence-corrected chi connectivity index (χ2v) is 22.3. The van der Waals surface area contributed by atoms with Gasteiger partial charge in [-0.25, -0.2) is 0 Å². The number of carbonyl (C=O) groups excluding carboxylic acids is 1. The largest absolute Gasteiger partial charge is 0.541 e. The van der Waals surface area contributed by atoms with E-state index >= 15 is 0 Å². The van der Waals surface area contributed by atoms with Gasteiger partial charge in [-0.15, -0.1) is 0 Å². The van der Waals surface area contributed by atoms with E-state index in [-0.39, 0.29) is 10.1 Å². The molecule has 0 bridgehead atoms. The number of benzene rings is 2. The van der Waals surface area contributed by atoms with Crippen LogP contribution in [-0.4, -0.2) is 51.4 Å². The first-order valence-corrected chi connectivity index (χ1v) is 19.0. The van der Waals surface area contributed by atoms with E-state index in [9.17, 15) is 4.79 Å². The zero-order valence-electron chi connectivity index (χ0n) is 26.3. The predicted octanol–water partition coefficient (Wildman–Crippen LogP) is 7.82. The molecule has 0 fully saturated rings. The van der Waals surface area contributed by atoms with Gasteiger partial charge in [0.05, 0.1) is 34.4 Å². The van der Waals surface area contributed by atoms with Crippen molar-refractivity contribution in [1.82, 2.24) is 0 Å². The van der Waals surface area contributed by atoms with Gasteiger partial charge in [-0.1, -0.05) is 47.6 Å². The van der Waals surface area contributed by atoms with Crippen LogP contribution in [0.2, 0.25) is 36.3 Å². The maximum absolute atomic E-state index is 12.9. The molecule has 0 heterocycles. The maximum Gasteiger partial charge on any atom is 0.250 e. The summed E-state index contributed by atoms with van der Waals surface area (Å²) in [5.41, 5.74) is 1.38. The summed E-state index contributed by atoms with van der Waals surface area (Å²) in [6.07, 6.45) is 0.914. The van der Waals surface area contributed by atoms with Crippen LogP contribution in [0.4, 0.5) is 0 Å². The molecule has 2 aromatic carbocycles. The number of rotatable bonds is 11. The Hall–Kier alpha value is -2.66. The average molecular weight is 577 g/mol. The molecule has 39 heavy (non-hydrogen) atoms. The summed E-state index contributed by atoms with van der Waals surface area (Å²) in [4.78, 5) is 12.9. The van der Waals surface area contributed by atoms with Crippen LogP contribution in [0.1, 0.15) is 58.6 Å². The molecule has 7 nitrogen and oxygen atoms in total. The minimum Gasteiger partial charge on any atom is -0.541 e. The second-order valence-electron chi connectivity index (χ2n) is 12.8. The number of aldehydes is 1. The molecule has 9 heteroatoms. The third-order valence-corrected chi connectivity index (χ3v) is 16.8. The van der Waals surface area contributed by atoms with E-state index in [1.807, 2.05) is 12.1 Å². The molecule has 0 saturated heterocycles. The Bertz CT molecular complexity index is 1140. The van der Waals surface area contributed by atoms with Crippen LogP contribution in [0, 0.1) is 0 Å². The number of carbonyl (C=O) groups is 1. The minimum absolute atomic E-state index is 0.0664. The third-order valence-electron chi connectivity index (χ3n) is 8.17. The molecule has 2 rings (SSSR count). The zero-order chi connectivity index (χ0) is 30.0. The van der Waals surface area contributed by atoms with Crippen molar-refractivity contribution in [3.05, 3.63) is 35.4 Å². The summed E-state index contributed by atoms with van der Waals surface area (Å²) < 4.78 is 36.4. The van der Waals surface area contributed by atoms with Crippen LogP contribution in [0.15, 0.2) is 24.3 Å². The number of ether oxygens (including phenoxy) is 4. The maximum atomic E-state index is 12.9. The Kier molecular flexibility index (Phi) is 9.88. The van der Waals surface area contributed by atoms with E-state index in [1.165, 1.54) is 0 Å². The van der Waals surface area contributed by atoms with Crippen molar-refractivity contribution in [2.24, 2.45) is 0 Å². The van der Waals surface area contributed by atoms with Crippen molar-refractivity contribution in [3.8, 4) is 34.5 Å². The molecule has 1 unspecified atom stereocenters. The van der Waals surface area contributed by atoms with E-state index in [4.69, 9.17) is 27.8 Å². The van der Waals surface area contributed by atoms with Crippen molar-refractivity contribution >= 4 is 22.9 Å². The van der Waals surface area contributed by atoms with E-state index in [0.29, 0.717) is 45.6 Å². The van der Waals surface area contributed by atoms with Crippen LogP contribution < -0.4 is 27.8 Å². The standard InChI is InChI=1S/C30H48O7Si2/c1-29(2,3)38(11,12)36-26-21(15-16-23(32-7)28(26)37-39(13,14)30(4,5)6)22(19-31)20-17-24(33-8)27(35-10)25(18-20)34-9/h15-19,22H,1-14H3. The van der Waals surface area contributed by atoms with Crippen molar-refractivity contribution in [2.45, 2.75) is 83.7 Å². The van der Waals surface area contributed by atoms with Crippen LogP contribution in [0.5, 0.6) is 34.5 Å². The first-order valence-electron chi connectivity index (χ1n) is 13.2. The van der Waals surface area contributed by atoms with E-state index in [0.717, 1.165) is 6.29 Å². The van der Waals surface area contributed by atoms with Gasteiger partial charge in [0.15, 0.2) is 28.7 Å². The lowest BCUT2D eigenvalue weighted by atomic mass is 9.91. The lowest BCUT2D eigenvalue weighted by Crippen LogP contribution is -2.46. The van der Waals surface area contributed by atoms with Gasteiger partial charge in [0.2, 0.25) is 5.75 Å². The molecular weight excluding hydrogens is 528 g/mol. The molecule has 0 aromatic heterocycles. The predicted molar refractivity (Wildman–Crippen MR) is 163 cm³/mol. The second kappa shape index (κ2) is 11.8. The van der Waals surface area contributed by atoms with Gasteiger partial charge in [0, 0.05) is 5.56 Å². The molecule has 2 aromatic rings. The lowest BCUT2D eigenvalue weighted by Gasteiger charge is -2.41. The Morgan fingerprint density at radius 2 is 1.08 bits per heavy atom. The van der Waals surface area contributed by atoms with Crippen molar-refractivity contribution in [1.29, 1.82) is 0 Å². The van der Waals surface area contributed by atoms with Crippen LogP contribution >= 0.6 is 0 Å². The number of hydrogen-bond acceptors (Lipinski definition) is 7. The third kappa shape index (κ3) is 6.74. The smallest absolute Gasteiger partial charge is 0.250 e. The Morgan fingerprint density at radius 3 is 1.44 bits per heavy atom. The Labute approximate surface area is 237 Å². The fourth-order valence-corrected chi connectivity index (χ4v) is 5.63. The minimum atomic E-state index is -2.38. The van der Waals surface area contributed by atoms with Gasteiger partial charge in [-0.3, -0.25) is 0 Å². The van der Waals surface area contributed by atoms with Gasteiger partial charge in [-0.2, -0.15) is 0 Å². The van der Waals surface area contributed by atoms with Gasteiger partial charge in [0.1, 0.15) is 6.29 Å². The van der Waals surface area contributed by atoms with Crippen LogP contribution in [0.3, 0.4) is 0 Å². The summed E-state index contributed by atoms with van der Waals surface area (Å²) in [5.74, 6) is 2.39. The van der Waals surface area contributed by atoms with Crippen LogP contribution in [-0.2, 0) is 4.79 Å². The molecule has 1 atom stereocenters. The van der Waals surface area contributed by atoms with Gasteiger partial charge >= 0.3 is 0 Å². The monoisotopic (exact) mass is 576 g/mol. The highest BCUT2D eigenvalue weighted by molar-refractivity contribution is 6.75. The van der Waals surface area contributed by atoms with Crippen molar-refractivity contribution in [2.75, 3.05) is 28.4 Å². The van der Waals surface area contributed by atoms with Crippen LogP contribution in [0.25, 0.3) is 0 Å². The summed E-state index contributed by atoms with van der Waals surface area (Å²) in [6, 6.07) is 7.34. The zero-order valence-corrected chi connectivity index (χ0v) is 28.3. The molecule has 0 radical (unpaired) electrons. The summed E-state index contributed by atoms with van der Waals surface area (Å²) in [7, 11) is 1.59. The summed E-state index contributed by atoms with van der Waals surface area (Å²) in [6.45, 7) is 21.9. The molecule has 0 aliphatic carbocycles. The molecular formula is C30H48O7Si2. The molecule has 0 saturated carbocycles. The fraction of sp³-hybridized carbons (Fsp3) is 0.567. The van der Waals surface area contributed by atoms with Gasteiger partial charge in [0.25, 0.3) is 16.6 Å². The highest BCUT2D eigenvalue weighted by Crippen LogP contribution is 2.51. The first-order chi connectivity index (χ1) is 17.9. The first kappa shape index (κ1) is 32.6. The van der Waals surface area contributed by atoms with E-state index in [2.05, 4.69) is 67.7 Å². The molecule has 0 aliphatic heterocycles. The summed E-state index contributed by atoms with van der Waals surface area (Å²) >= 11 is 0. The van der Waals surface area contributed by atoms with E-state index in [1.54, 1.807) is 40.6 Å². The van der Waals surface area contributed by atoms with Gasteiger partial charge in [-0.05, 0) is 60.0 Å². The normalized spacial score (nSPS) is 13.4. The van der Waals surface area contributed by atoms with Gasteiger partial charge < -0.3 is 32.6 Å². The Morgan fingerprint density at radius 1 is 0.641 bits per heavy atom. The highest BCUT2D eigenvalue weighted by Gasteiger charge is 2.44. The quantitative estimate of drug-likeness (QED) is 0.199. The molecule has 0 amide bonds. The molecule has 0 aliphatic rings. The average Bonchev–Trinajstić information content (AvgIpc) is 2.83. The SMILES string of the molecule is COc1cc(C(C=O)c2ccc(OC)c(O[Si](C)(C)C(C)(C)C)c2O[Si](C)(C)C(C)(C)C)cc(OC)c1OC. The molecule has 218 valence electrons. The molecule has 0 N–H and O–H groups in total.